The molecule has 0 atom stereocenters. The van der Waals surface area contributed by atoms with Crippen molar-refractivity contribution in [1.29, 1.82) is 0 Å². The lowest BCUT2D eigenvalue weighted by atomic mass is 10.0. The first kappa shape index (κ1) is 13.4. The van der Waals surface area contributed by atoms with Crippen LogP contribution in [0.4, 0.5) is 11.4 Å². The van der Waals surface area contributed by atoms with E-state index in [0.29, 0.717) is 10.8 Å². The van der Waals surface area contributed by atoms with Crippen molar-refractivity contribution in [3.63, 3.8) is 0 Å². The molecule has 1 aliphatic heterocycles. The molecule has 1 aliphatic rings. The summed E-state index contributed by atoms with van der Waals surface area (Å²) < 4.78 is 0.979. The summed E-state index contributed by atoms with van der Waals surface area (Å²) >= 11 is 8.90. The van der Waals surface area contributed by atoms with E-state index in [4.69, 9.17) is 18.0 Å². The van der Waals surface area contributed by atoms with E-state index in [-0.39, 0.29) is 5.54 Å². The molecule has 0 fully saturated rings. The summed E-state index contributed by atoms with van der Waals surface area (Å²) in [4.78, 5) is 1.96. The highest BCUT2D eigenvalue weighted by molar-refractivity contribution is 9.10. The largest absolute Gasteiger partial charge is 0.397 e. The highest BCUT2D eigenvalue weighted by Crippen LogP contribution is 2.32. The van der Waals surface area contributed by atoms with Crippen LogP contribution in [0.2, 0.25) is 0 Å². The van der Waals surface area contributed by atoms with E-state index in [9.17, 15) is 0 Å². The first-order chi connectivity index (χ1) is 8.30. The molecule has 0 unspecified atom stereocenters. The Morgan fingerprint density at radius 1 is 1.39 bits per heavy atom. The van der Waals surface area contributed by atoms with E-state index in [1.807, 2.05) is 30.0 Å². The molecule has 0 saturated heterocycles. The SMILES string of the molecule is CC1=CC(C)(C)NC(=S)N1c1cc(Br)ccc1N. The average Bonchev–Trinajstić information content (AvgIpc) is 2.20. The van der Waals surface area contributed by atoms with Crippen LogP contribution in [0.25, 0.3) is 0 Å². The van der Waals surface area contributed by atoms with Crippen molar-refractivity contribution in [1.82, 2.24) is 5.32 Å². The highest BCUT2D eigenvalue weighted by atomic mass is 79.9. The molecule has 1 aromatic carbocycles. The maximum atomic E-state index is 6.04. The van der Waals surface area contributed by atoms with E-state index in [0.717, 1.165) is 15.9 Å². The molecule has 0 aromatic heterocycles. The molecular weight excluding hydrogens is 310 g/mol. The van der Waals surface area contributed by atoms with E-state index in [2.05, 4.69) is 41.2 Å². The number of nitrogens with one attached hydrogen (secondary N) is 1. The first-order valence-corrected chi connectivity index (χ1v) is 6.87. The molecule has 0 saturated carbocycles. The van der Waals surface area contributed by atoms with Crippen LogP contribution in [0.1, 0.15) is 20.8 Å². The third-order valence-electron chi connectivity index (χ3n) is 2.79. The van der Waals surface area contributed by atoms with E-state index in [1.54, 1.807) is 0 Å². The van der Waals surface area contributed by atoms with Gasteiger partial charge in [0.05, 0.1) is 16.9 Å². The van der Waals surface area contributed by atoms with E-state index < -0.39 is 0 Å². The minimum atomic E-state index is -0.127. The second-order valence-electron chi connectivity index (χ2n) is 4.98. The van der Waals surface area contributed by atoms with Gasteiger partial charge in [-0.25, -0.2) is 0 Å². The normalized spacial score (nSPS) is 18.3. The topological polar surface area (TPSA) is 41.3 Å². The Morgan fingerprint density at radius 2 is 2.06 bits per heavy atom. The second kappa shape index (κ2) is 4.55. The lowest BCUT2D eigenvalue weighted by Gasteiger charge is -2.38. The van der Waals surface area contributed by atoms with Crippen LogP contribution in [-0.4, -0.2) is 10.7 Å². The Kier molecular flexibility index (Phi) is 3.38. The van der Waals surface area contributed by atoms with Crippen molar-refractivity contribution >= 4 is 44.6 Å². The number of nitrogens with two attached hydrogens (primary N) is 1. The van der Waals surface area contributed by atoms with Gasteiger partial charge in [0.1, 0.15) is 0 Å². The highest BCUT2D eigenvalue weighted by Gasteiger charge is 2.28. The van der Waals surface area contributed by atoms with Gasteiger partial charge in [-0.1, -0.05) is 15.9 Å². The Hall–Kier alpha value is -1.07. The van der Waals surface area contributed by atoms with Crippen LogP contribution >= 0.6 is 28.1 Å². The molecule has 0 bridgehead atoms. The zero-order valence-electron chi connectivity index (χ0n) is 10.6. The van der Waals surface area contributed by atoms with Gasteiger partial charge in [-0.05, 0) is 57.3 Å². The fourth-order valence-electron chi connectivity index (χ4n) is 2.12. The van der Waals surface area contributed by atoms with Gasteiger partial charge >= 0.3 is 0 Å². The quantitative estimate of drug-likeness (QED) is 0.613. The molecule has 18 heavy (non-hydrogen) atoms. The summed E-state index contributed by atoms with van der Waals surface area (Å²) in [5.74, 6) is 0. The van der Waals surface area contributed by atoms with Gasteiger partial charge in [-0.3, -0.25) is 4.90 Å². The van der Waals surface area contributed by atoms with Gasteiger partial charge in [0.25, 0.3) is 0 Å². The summed E-state index contributed by atoms with van der Waals surface area (Å²) in [6, 6.07) is 5.76. The number of nitrogen functional groups attached to an aromatic ring is 1. The van der Waals surface area contributed by atoms with Crippen molar-refractivity contribution in [2.75, 3.05) is 10.6 Å². The number of hydrogen-bond donors (Lipinski definition) is 2. The third-order valence-corrected chi connectivity index (χ3v) is 3.57. The smallest absolute Gasteiger partial charge is 0.178 e. The number of thiocarbonyl (C=S) groups is 1. The maximum absolute atomic E-state index is 6.04. The number of anilines is 2. The Bertz CT molecular complexity index is 537. The van der Waals surface area contributed by atoms with Crippen LogP contribution in [-0.2, 0) is 0 Å². The maximum Gasteiger partial charge on any atom is 0.178 e. The molecular formula is C13H16BrN3S. The van der Waals surface area contributed by atoms with Crippen LogP contribution in [0.5, 0.6) is 0 Å². The van der Waals surface area contributed by atoms with E-state index in [1.165, 1.54) is 0 Å². The fourth-order valence-corrected chi connectivity index (χ4v) is 2.98. The number of allylic oxidation sites excluding steroid dienone is 1. The molecule has 3 nitrogen and oxygen atoms in total. The third kappa shape index (κ3) is 2.52. The van der Waals surface area contributed by atoms with Crippen molar-refractivity contribution in [2.45, 2.75) is 26.3 Å². The zero-order valence-corrected chi connectivity index (χ0v) is 13.0. The number of benzene rings is 1. The van der Waals surface area contributed by atoms with Gasteiger partial charge in [0.15, 0.2) is 5.11 Å². The molecule has 1 heterocycles. The Morgan fingerprint density at radius 3 is 2.67 bits per heavy atom. The average molecular weight is 326 g/mol. The van der Waals surface area contributed by atoms with E-state index >= 15 is 0 Å². The molecule has 96 valence electrons. The molecule has 3 N–H and O–H groups in total. The predicted octanol–water partition coefficient (Wildman–Crippen LogP) is 3.41. The monoisotopic (exact) mass is 325 g/mol. The Labute approximate surface area is 121 Å². The summed E-state index contributed by atoms with van der Waals surface area (Å²) in [6.45, 7) is 6.21. The van der Waals surface area contributed by atoms with Crippen LogP contribution < -0.4 is 16.0 Å². The van der Waals surface area contributed by atoms with Gasteiger partial charge in [-0.2, -0.15) is 0 Å². The number of nitrogens with zero attached hydrogens (tertiary/aromatic N) is 1. The molecule has 5 heteroatoms. The number of rotatable bonds is 1. The zero-order chi connectivity index (χ0) is 13.5. The minimum absolute atomic E-state index is 0.127. The number of hydrogen-bond acceptors (Lipinski definition) is 2. The predicted molar refractivity (Wildman–Crippen MR) is 84.6 cm³/mol. The molecule has 1 aromatic rings. The van der Waals surface area contributed by atoms with Gasteiger partial charge in [0, 0.05) is 10.2 Å². The molecule has 2 rings (SSSR count). The lowest BCUT2D eigenvalue weighted by molar-refractivity contribution is 0.560. The lowest BCUT2D eigenvalue weighted by Crippen LogP contribution is -2.53. The summed E-state index contributed by atoms with van der Waals surface area (Å²) in [5, 5.41) is 3.96. The summed E-state index contributed by atoms with van der Waals surface area (Å²) in [6.07, 6.45) is 2.14. The molecule has 0 spiro atoms. The van der Waals surface area contributed by atoms with Crippen LogP contribution in [0, 0.1) is 0 Å². The van der Waals surface area contributed by atoms with Crippen LogP contribution in [0.15, 0.2) is 34.4 Å². The van der Waals surface area contributed by atoms with Crippen molar-refractivity contribution < 1.29 is 0 Å². The second-order valence-corrected chi connectivity index (χ2v) is 6.28. The minimum Gasteiger partial charge on any atom is -0.397 e. The molecule has 0 radical (unpaired) electrons. The first-order valence-electron chi connectivity index (χ1n) is 5.67. The van der Waals surface area contributed by atoms with Gasteiger partial charge < -0.3 is 11.1 Å². The van der Waals surface area contributed by atoms with Gasteiger partial charge in [-0.15, -0.1) is 0 Å². The summed E-state index contributed by atoms with van der Waals surface area (Å²) in [5.41, 5.74) is 8.58. The molecule has 0 amide bonds. The van der Waals surface area contributed by atoms with Crippen molar-refractivity contribution in [2.24, 2.45) is 0 Å². The van der Waals surface area contributed by atoms with Crippen molar-refractivity contribution in [3.05, 3.63) is 34.4 Å². The standard InChI is InChI=1S/C13H16BrN3S/c1-8-7-13(2,3)16-12(18)17(8)11-6-9(14)4-5-10(11)15/h4-7H,15H2,1-3H3,(H,16,18). The van der Waals surface area contributed by atoms with Crippen LogP contribution in [0.3, 0.4) is 0 Å². The summed E-state index contributed by atoms with van der Waals surface area (Å²) in [7, 11) is 0. The number of halogens is 1. The van der Waals surface area contributed by atoms with Gasteiger partial charge in [0.2, 0.25) is 0 Å². The Balaban J connectivity index is 2.51. The fraction of sp³-hybridized carbons (Fsp3) is 0.308. The molecule has 0 aliphatic carbocycles. The van der Waals surface area contributed by atoms with Crippen molar-refractivity contribution in [3.8, 4) is 0 Å².